The van der Waals surface area contributed by atoms with E-state index in [2.05, 4.69) is 24.5 Å². The molecule has 0 radical (unpaired) electrons. The summed E-state index contributed by atoms with van der Waals surface area (Å²) in [6.45, 7) is 0. The van der Waals surface area contributed by atoms with Crippen molar-refractivity contribution in [1.29, 1.82) is 0 Å². The van der Waals surface area contributed by atoms with Gasteiger partial charge in [-0.15, -0.1) is 0 Å². The van der Waals surface area contributed by atoms with E-state index in [-0.39, 0.29) is 0 Å². The molecule has 0 amide bonds. The van der Waals surface area contributed by atoms with E-state index in [0.717, 1.165) is 17.9 Å². The monoisotopic (exact) mass is 123 g/mol. The predicted molar refractivity (Wildman–Crippen MR) is 38.2 cm³/mol. The van der Waals surface area contributed by atoms with Crippen LogP contribution in [0.4, 0.5) is 0 Å². The van der Waals surface area contributed by atoms with Crippen LogP contribution in [0.3, 0.4) is 0 Å². The van der Waals surface area contributed by atoms with Gasteiger partial charge in [0.2, 0.25) is 0 Å². The highest BCUT2D eigenvalue weighted by Gasteiger charge is 2.34. The van der Waals surface area contributed by atoms with Crippen LogP contribution in [-0.4, -0.2) is 13.1 Å². The van der Waals surface area contributed by atoms with E-state index in [4.69, 9.17) is 0 Å². The third kappa shape index (κ3) is 0.715. The van der Waals surface area contributed by atoms with Crippen molar-refractivity contribution < 1.29 is 0 Å². The van der Waals surface area contributed by atoms with Gasteiger partial charge in [0.25, 0.3) is 0 Å². The molecule has 1 fully saturated rings. The number of hydrogen-bond acceptors (Lipinski definition) is 1. The van der Waals surface area contributed by atoms with Crippen LogP contribution in [0.15, 0.2) is 12.2 Å². The summed E-state index contributed by atoms with van der Waals surface area (Å²) in [7, 11) is 2.07. The minimum atomic E-state index is 0.792. The zero-order chi connectivity index (χ0) is 6.27. The first-order valence-electron chi connectivity index (χ1n) is 3.76. The number of fused-ring (bicyclic) bond motifs is 2. The number of hydrogen-bond donors (Lipinski definition) is 1. The van der Waals surface area contributed by atoms with Crippen molar-refractivity contribution in [2.45, 2.75) is 18.9 Å². The lowest BCUT2D eigenvalue weighted by molar-refractivity contribution is 0.489. The smallest absolute Gasteiger partial charge is 0.0133 e. The lowest BCUT2D eigenvalue weighted by atomic mass is 10.0. The van der Waals surface area contributed by atoms with Crippen molar-refractivity contribution in [3.8, 4) is 0 Å². The molecule has 0 aromatic heterocycles. The predicted octanol–water partition coefficient (Wildman–Crippen LogP) is 1.17. The van der Waals surface area contributed by atoms with Crippen LogP contribution in [0.1, 0.15) is 12.8 Å². The highest BCUT2D eigenvalue weighted by atomic mass is 14.9. The van der Waals surface area contributed by atoms with Crippen LogP contribution < -0.4 is 5.32 Å². The molecule has 0 aromatic rings. The van der Waals surface area contributed by atoms with Gasteiger partial charge in [0.05, 0.1) is 0 Å². The van der Waals surface area contributed by atoms with Crippen molar-refractivity contribution in [3.05, 3.63) is 12.2 Å². The van der Waals surface area contributed by atoms with Crippen LogP contribution >= 0.6 is 0 Å². The fraction of sp³-hybridized carbons (Fsp3) is 0.750. The van der Waals surface area contributed by atoms with Gasteiger partial charge in [0.1, 0.15) is 0 Å². The van der Waals surface area contributed by atoms with Gasteiger partial charge < -0.3 is 5.32 Å². The highest BCUT2D eigenvalue weighted by Crippen LogP contribution is 2.38. The summed E-state index contributed by atoms with van der Waals surface area (Å²) in [5.74, 6) is 1.77. The first-order valence-corrected chi connectivity index (χ1v) is 3.76. The SMILES string of the molecule is CN[C@H]1C[C@@H]2C=C[C@H]1C2. The molecule has 0 aliphatic heterocycles. The second-order valence-electron chi connectivity index (χ2n) is 3.18. The molecule has 0 spiro atoms. The van der Waals surface area contributed by atoms with E-state index in [0.29, 0.717) is 0 Å². The Morgan fingerprint density at radius 2 is 2.22 bits per heavy atom. The van der Waals surface area contributed by atoms with E-state index >= 15 is 0 Å². The van der Waals surface area contributed by atoms with Crippen LogP contribution in [0.5, 0.6) is 0 Å². The number of rotatable bonds is 1. The second-order valence-corrected chi connectivity index (χ2v) is 3.18. The van der Waals surface area contributed by atoms with Crippen LogP contribution in [0.2, 0.25) is 0 Å². The molecule has 0 heterocycles. The average molecular weight is 123 g/mol. The molecule has 1 N–H and O–H groups in total. The van der Waals surface area contributed by atoms with Crippen LogP contribution in [-0.2, 0) is 0 Å². The number of nitrogens with one attached hydrogen (secondary N) is 1. The van der Waals surface area contributed by atoms with Gasteiger partial charge in [-0.2, -0.15) is 0 Å². The first-order chi connectivity index (χ1) is 4.40. The summed E-state index contributed by atoms with van der Waals surface area (Å²) < 4.78 is 0. The molecule has 2 aliphatic rings. The Kier molecular flexibility index (Phi) is 1.12. The van der Waals surface area contributed by atoms with E-state index in [9.17, 15) is 0 Å². The highest BCUT2D eigenvalue weighted by molar-refractivity contribution is 5.12. The maximum atomic E-state index is 3.34. The minimum absolute atomic E-state index is 0.792. The molecule has 0 saturated heterocycles. The summed E-state index contributed by atoms with van der Waals surface area (Å²) in [4.78, 5) is 0. The lowest BCUT2D eigenvalue weighted by Crippen LogP contribution is -2.28. The summed E-state index contributed by atoms with van der Waals surface area (Å²) in [6.07, 6.45) is 7.52. The molecule has 0 aromatic carbocycles. The largest absolute Gasteiger partial charge is 0.316 e. The van der Waals surface area contributed by atoms with Gasteiger partial charge in [-0.05, 0) is 31.7 Å². The van der Waals surface area contributed by atoms with E-state index in [1.165, 1.54) is 12.8 Å². The zero-order valence-corrected chi connectivity index (χ0v) is 5.80. The van der Waals surface area contributed by atoms with Crippen molar-refractivity contribution in [2.75, 3.05) is 7.05 Å². The van der Waals surface area contributed by atoms with Crippen LogP contribution in [0.25, 0.3) is 0 Å². The topological polar surface area (TPSA) is 12.0 Å². The third-order valence-electron chi connectivity index (χ3n) is 2.65. The van der Waals surface area contributed by atoms with Gasteiger partial charge in [-0.25, -0.2) is 0 Å². The zero-order valence-electron chi connectivity index (χ0n) is 5.80. The van der Waals surface area contributed by atoms with Gasteiger partial charge in [0.15, 0.2) is 0 Å². The molecular weight excluding hydrogens is 110 g/mol. The molecule has 2 aliphatic carbocycles. The fourth-order valence-electron chi connectivity index (χ4n) is 2.11. The standard InChI is InChI=1S/C8H13N/c1-9-8-5-6-2-3-7(8)4-6/h2-3,6-9H,4-5H2,1H3/t6-,7+,8+/m1/s1. The van der Waals surface area contributed by atoms with E-state index in [1.807, 2.05) is 0 Å². The molecule has 1 heteroatoms. The summed E-state index contributed by atoms with van der Waals surface area (Å²) in [5.41, 5.74) is 0. The minimum Gasteiger partial charge on any atom is -0.316 e. The van der Waals surface area contributed by atoms with Crippen LogP contribution in [0, 0.1) is 11.8 Å². The Balaban J connectivity index is 2.10. The average Bonchev–Trinajstić information content (AvgIpc) is 2.45. The lowest BCUT2D eigenvalue weighted by Gasteiger charge is -2.15. The fourth-order valence-corrected chi connectivity index (χ4v) is 2.11. The van der Waals surface area contributed by atoms with Crippen molar-refractivity contribution >= 4 is 0 Å². The van der Waals surface area contributed by atoms with E-state index < -0.39 is 0 Å². The molecule has 3 atom stereocenters. The van der Waals surface area contributed by atoms with Gasteiger partial charge in [-0.3, -0.25) is 0 Å². The summed E-state index contributed by atoms with van der Waals surface area (Å²) in [5, 5.41) is 3.34. The van der Waals surface area contributed by atoms with Gasteiger partial charge >= 0.3 is 0 Å². The van der Waals surface area contributed by atoms with E-state index in [1.54, 1.807) is 0 Å². The molecule has 2 rings (SSSR count). The number of allylic oxidation sites excluding steroid dienone is 1. The maximum absolute atomic E-state index is 3.34. The Hall–Kier alpha value is -0.300. The van der Waals surface area contributed by atoms with Crippen molar-refractivity contribution in [2.24, 2.45) is 11.8 Å². The van der Waals surface area contributed by atoms with Crippen molar-refractivity contribution in [3.63, 3.8) is 0 Å². The Labute approximate surface area is 56.1 Å². The molecule has 2 bridgehead atoms. The van der Waals surface area contributed by atoms with Gasteiger partial charge in [-0.1, -0.05) is 12.2 Å². The molecular formula is C8H13N. The normalized spacial score (nSPS) is 46.6. The summed E-state index contributed by atoms with van der Waals surface area (Å²) in [6, 6.07) is 0.792. The molecule has 1 nitrogen and oxygen atoms in total. The van der Waals surface area contributed by atoms with Crippen molar-refractivity contribution in [1.82, 2.24) is 5.32 Å². The third-order valence-corrected chi connectivity index (χ3v) is 2.65. The molecule has 0 unspecified atom stereocenters. The second kappa shape index (κ2) is 1.84. The maximum Gasteiger partial charge on any atom is 0.0133 e. The quantitative estimate of drug-likeness (QED) is 0.516. The van der Waals surface area contributed by atoms with Gasteiger partial charge in [0, 0.05) is 6.04 Å². The Morgan fingerprint density at radius 3 is 2.56 bits per heavy atom. The first kappa shape index (κ1) is 5.48. The molecule has 50 valence electrons. The molecule has 1 saturated carbocycles. The molecule has 9 heavy (non-hydrogen) atoms. The Morgan fingerprint density at radius 1 is 1.33 bits per heavy atom. The Bertz CT molecular complexity index is 140. The summed E-state index contributed by atoms with van der Waals surface area (Å²) >= 11 is 0.